The highest BCUT2D eigenvalue weighted by Gasteiger charge is 2.91. The molecule has 3 nitrogen and oxygen atoms in total. The van der Waals surface area contributed by atoms with E-state index in [0.29, 0.717) is 28.4 Å². The van der Waals surface area contributed by atoms with Gasteiger partial charge in [-0.05, 0) is 98.7 Å². The van der Waals surface area contributed by atoms with E-state index >= 15 is 0 Å². The molecule has 12 atom stereocenters. The Kier molecular flexibility index (Phi) is 4.09. The van der Waals surface area contributed by atoms with Crippen molar-refractivity contribution in [3.05, 3.63) is 11.6 Å². The second kappa shape index (κ2) is 6.42. The number of aliphatic hydroxyl groups is 1. The van der Waals surface area contributed by atoms with Crippen molar-refractivity contribution < 1.29 is 9.84 Å². The Morgan fingerprint density at radius 3 is 2.88 bits per heavy atom. The molecule has 0 amide bonds. The Balaban J connectivity index is 1.13. The molecule has 2 saturated heterocycles. The van der Waals surface area contributed by atoms with Crippen LogP contribution in [-0.2, 0) is 4.74 Å². The minimum absolute atomic E-state index is 0.192. The lowest BCUT2D eigenvalue weighted by atomic mass is 9.47. The molecule has 8 aliphatic rings. The zero-order chi connectivity index (χ0) is 22.4. The minimum atomic E-state index is -0.192. The lowest BCUT2D eigenvalue weighted by Gasteiger charge is -2.60. The first-order valence-electron chi connectivity index (χ1n) is 14.2. The number of rotatable bonds is 2. The van der Waals surface area contributed by atoms with Gasteiger partial charge in [-0.25, -0.2) is 0 Å². The number of fused-ring (bicyclic) bond motifs is 6. The van der Waals surface area contributed by atoms with Crippen LogP contribution in [0.1, 0.15) is 78.1 Å². The van der Waals surface area contributed by atoms with E-state index in [1.165, 1.54) is 64.3 Å². The molecule has 3 spiro atoms. The van der Waals surface area contributed by atoms with Gasteiger partial charge in [0, 0.05) is 36.3 Å². The molecule has 33 heavy (non-hydrogen) atoms. The Labute approximate surface area is 204 Å². The number of allylic oxidation sites excluding steroid dienone is 1. The number of piperidine rings is 1. The van der Waals surface area contributed by atoms with Gasteiger partial charge < -0.3 is 9.84 Å². The van der Waals surface area contributed by atoms with Gasteiger partial charge >= 0.3 is 0 Å². The van der Waals surface area contributed by atoms with Crippen LogP contribution in [0.15, 0.2) is 11.6 Å². The summed E-state index contributed by atoms with van der Waals surface area (Å²) in [7, 11) is 0. The van der Waals surface area contributed by atoms with E-state index in [2.05, 4.69) is 24.8 Å². The van der Waals surface area contributed by atoms with Crippen LogP contribution in [0.5, 0.6) is 0 Å². The van der Waals surface area contributed by atoms with E-state index in [1.54, 1.807) is 5.57 Å². The summed E-state index contributed by atoms with van der Waals surface area (Å²) in [5.74, 6) is 4.96. The van der Waals surface area contributed by atoms with Crippen LogP contribution in [0.4, 0.5) is 0 Å². The topological polar surface area (TPSA) is 32.7 Å². The molecule has 2 unspecified atom stereocenters. The lowest BCUT2D eigenvalue weighted by Crippen LogP contribution is -2.64. The molecular formula is C29H42ClNO2. The van der Waals surface area contributed by atoms with Crippen molar-refractivity contribution in [1.29, 1.82) is 0 Å². The smallest absolute Gasteiger partial charge is 0.0793 e. The molecule has 6 aliphatic carbocycles. The number of nitrogens with zero attached hydrogens (tertiary/aromatic N) is 1. The summed E-state index contributed by atoms with van der Waals surface area (Å²) in [4.78, 5) is 2.74. The third-order valence-electron chi connectivity index (χ3n) is 13.4. The number of hydrogen-bond donors (Lipinski definition) is 1. The van der Waals surface area contributed by atoms with Crippen molar-refractivity contribution in [2.45, 2.75) is 102 Å². The van der Waals surface area contributed by atoms with Gasteiger partial charge in [0.2, 0.25) is 0 Å². The van der Waals surface area contributed by atoms with Crippen LogP contribution in [0.3, 0.4) is 0 Å². The summed E-state index contributed by atoms with van der Waals surface area (Å²) in [5, 5.41) is 10.3. The van der Waals surface area contributed by atoms with Crippen LogP contribution in [0.2, 0.25) is 0 Å². The van der Waals surface area contributed by atoms with Crippen LogP contribution in [-0.4, -0.2) is 52.8 Å². The molecule has 0 aromatic carbocycles. The van der Waals surface area contributed by atoms with Gasteiger partial charge in [0.05, 0.1) is 17.8 Å². The zero-order valence-corrected chi connectivity index (χ0v) is 21.3. The van der Waals surface area contributed by atoms with Gasteiger partial charge in [0.1, 0.15) is 0 Å². The molecule has 4 heteroatoms. The number of ether oxygens (including phenoxy) is 1. The second-order valence-corrected chi connectivity index (χ2v) is 14.5. The van der Waals surface area contributed by atoms with Crippen molar-refractivity contribution in [2.75, 3.05) is 19.0 Å². The zero-order valence-electron chi connectivity index (χ0n) is 20.6. The summed E-state index contributed by atoms with van der Waals surface area (Å²) in [6.07, 6.45) is 15.7. The number of alkyl halides is 1. The average molecular weight is 472 g/mol. The molecule has 7 fully saturated rings. The quantitative estimate of drug-likeness (QED) is 0.432. The Hall–Kier alpha value is -0.0900. The molecular weight excluding hydrogens is 430 g/mol. The third kappa shape index (κ3) is 2.24. The summed E-state index contributed by atoms with van der Waals surface area (Å²) in [5.41, 5.74) is 3.26. The summed E-state index contributed by atoms with van der Waals surface area (Å²) >= 11 is 6.26. The van der Waals surface area contributed by atoms with Crippen LogP contribution in [0.25, 0.3) is 0 Å². The molecule has 5 saturated carbocycles. The SMILES string of the molecule is C[C@H]1C[C@H]2O[C@@]34CC[C@H]5[C@@H]6CCC7=C[C@@H](O)CC[C@]7(C)[C@H]6CC56CC63C[C@@H]4[C@@H]2N(CCCl)C1. The summed E-state index contributed by atoms with van der Waals surface area (Å²) in [6, 6.07) is 0.635. The summed E-state index contributed by atoms with van der Waals surface area (Å²) in [6.45, 7) is 7.25. The third-order valence-corrected chi connectivity index (χ3v) is 13.5. The van der Waals surface area contributed by atoms with E-state index < -0.39 is 0 Å². The fourth-order valence-electron chi connectivity index (χ4n) is 12.3. The maximum absolute atomic E-state index is 10.3. The molecule has 0 aromatic rings. The lowest BCUT2D eigenvalue weighted by molar-refractivity contribution is -0.211. The highest BCUT2D eigenvalue weighted by molar-refractivity contribution is 6.18. The number of aliphatic hydroxyl groups excluding tert-OH is 1. The van der Waals surface area contributed by atoms with Crippen molar-refractivity contribution in [1.82, 2.24) is 4.90 Å². The Morgan fingerprint density at radius 2 is 2.03 bits per heavy atom. The molecule has 8 rings (SSSR count). The number of hydrogen-bond acceptors (Lipinski definition) is 3. The first kappa shape index (κ1) is 21.0. The average Bonchev–Trinajstić information content (AvgIpc) is 3.25. The first-order valence-corrected chi connectivity index (χ1v) is 14.8. The molecule has 0 radical (unpaired) electrons. The first-order chi connectivity index (χ1) is 15.9. The van der Waals surface area contributed by atoms with Crippen molar-refractivity contribution in [3.8, 4) is 0 Å². The van der Waals surface area contributed by atoms with Crippen molar-refractivity contribution in [2.24, 2.45) is 45.8 Å². The van der Waals surface area contributed by atoms with Crippen LogP contribution in [0, 0.1) is 45.8 Å². The van der Waals surface area contributed by atoms with Crippen molar-refractivity contribution >= 4 is 11.6 Å². The maximum atomic E-state index is 10.3. The minimum Gasteiger partial charge on any atom is -0.389 e. The molecule has 0 bridgehead atoms. The van der Waals surface area contributed by atoms with E-state index in [9.17, 15) is 5.11 Å². The largest absolute Gasteiger partial charge is 0.389 e. The standard InChI is InChI=1S/C29H42ClNO2/c1-17-11-24-25(31(15-17)10-9-30)23-14-28-16-27(28)13-22-20(21(27)6-8-29(23,28)33-24)4-3-18-12-19(32)5-7-26(18,22)2/h12,17,19-25,32H,3-11,13-16H2,1-2H3/t17-,19-,20-,21-,22-,23+,24+,25-,26-,27?,28?,29+/m0/s1. The monoisotopic (exact) mass is 471 g/mol. The van der Waals surface area contributed by atoms with Crippen LogP contribution >= 0.6 is 11.6 Å². The van der Waals surface area contributed by atoms with E-state index in [1.807, 2.05) is 0 Å². The molecule has 182 valence electrons. The predicted molar refractivity (Wildman–Crippen MR) is 130 cm³/mol. The van der Waals surface area contributed by atoms with Gasteiger partial charge in [-0.15, -0.1) is 11.6 Å². The van der Waals surface area contributed by atoms with E-state index in [-0.39, 0.29) is 11.7 Å². The second-order valence-electron chi connectivity index (χ2n) is 14.2. The highest BCUT2D eigenvalue weighted by atomic mass is 35.5. The Bertz CT molecular complexity index is 921. The maximum Gasteiger partial charge on any atom is 0.0793 e. The summed E-state index contributed by atoms with van der Waals surface area (Å²) < 4.78 is 7.32. The molecule has 2 heterocycles. The van der Waals surface area contributed by atoms with E-state index in [0.717, 1.165) is 48.4 Å². The number of likely N-dealkylation sites (tertiary alicyclic amines) is 1. The van der Waals surface area contributed by atoms with Crippen molar-refractivity contribution in [3.63, 3.8) is 0 Å². The van der Waals surface area contributed by atoms with Gasteiger partial charge in [-0.1, -0.05) is 25.5 Å². The molecule has 0 aromatic heterocycles. The molecule has 2 aliphatic heterocycles. The number of halogens is 1. The van der Waals surface area contributed by atoms with Gasteiger partial charge in [-0.2, -0.15) is 0 Å². The fraction of sp³-hybridized carbons (Fsp3) is 0.931. The van der Waals surface area contributed by atoms with Crippen LogP contribution < -0.4 is 0 Å². The fourth-order valence-corrected chi connectivity index (χ4v) is 12.5. The van der Waals surface area contributed by atoms with Gasteiger partial charge in [0.15, 0.2) is 0 Å². The van der Waals surface area contributed by atoms with E-state index in [4.69, 9.17) is 16.3 Å². The highest BCUT2D eigenvalue weighted by Crippen LogP contribution is 2.93. The van der Waals surface area contributed by atoms with Gasteiger partial charge in [-0.3, -0.25) is 4.90 Å². The normalized spacial score (nSPS) is 62.5. The Morgan fingerprint density at radius 1 is 1.15 bits per heavy atom. The molecule has 1 N–H and O–H groups in total. The van der Waals surface area contributed by atoms with Gasteiger partial charge in [0.25, 0.3) is 0 Å². The predicted octanol–water partition coefficient (Wildman–Crippen LogP) is 5.40.